The molecular formula is C4H9N5S. The molecule has 1 rings (SSSR count). The van der Waals surface area contributed by atoms with Crippen LogP contribution in [-0.4, -0.2) is 23.3 Å². The maximum atomic E-state index is 5.32. The van der Waals surface area contributed by atoms with Crippen molar-refractivity contribution in [2.24, 2.45) is 5.73 Å². The van der Waals surface area contributed by atoms with Crippen LogP contribution >= 0.6 is 11.3 Å². The SMILES string of the molecule is NCCNc1nnc(N)s1. The van der Waals surface area contributed by atoms with Crippen LogP contribution in [-0.2, 0) is 0 Å². The molecule has 0 saturated heterocycles. The standard InChI is InChI=1S/C4H9N5S/c5-1-2-7-4-9-8-3(6)10-4/h1-2,5H2,(H2,6,8)(H,7,9). The molecule has 10 heavy (non-hydrogen) atoms. The largest absolute Gasteiger partial charge is 0.374 e. The Hall–Kier alpha value is -0.880. The molecule has 56 valence electrons. The first kappa shape index (κ1) is 7.23. The van der Waals surface area contributed by atoms with Gasteiger partial charge >= 0.3 is 0 Å². The lowest BCUT2D eigenvalue weighted by Crippen LogP contribution is -2.12. The van der Waals surface area contributed by atoms with Crippen LogP contribution in [0.4, 0.5) is 10.3 Å². The molecule has 0 radical (unpaired) electrons. The third-order valence-corrected chi connectivity index (χ3v) is 1.57. The van der Waals surface area contributed by atoms with E-state index in [1.807, 2.05) is 0 Å². The molecule has 0 saturated carbocycles. The summed E-state index contributed by atoms with van der Waals surface area (Å²) in [6.45, 7) is 1.29. The highest BCUT2D eigenvalue weighted by molar-refractivity contribution is 7.18. The molecule has 1 heterocycles. The van der Waals surface area contributed by atoms with Gasteiger partial charge < -0.3 is 16.8 Å². The second-order valence-corrected chi connectivity index (χ2v) is 2.67. The van der Waals surface area contributed by atoms with E-state index in [2.05, 4.69) is 15.5 Å². The minimum Gasteiger partial charge on any atom is -0.374 e. The van der Waals surface area contributed by atoms with Crippen LogP contribution in [0.5, 0.6) is 0 Å². The molecule has 1 aromatic heterocycles. The molecular weight excluding hydrogens is 150 g/mol. The van der Waals surface area contributed by atoms with Gasteiger partial charge in [0.2, 0.25) is 10.3 Å². The van der Waals surface area contributed by atoms with Crippen molar-refractivity contribution in [2.75, 3.05) is 24.1 Å². The van der Waals surface area contributed by atoms with E-state index in [0.29, 0.717) is 18.2 Å². The van der Waals surface area contributed by atoms with Crippen LogP contribution in [0.1, 0.15) is 0 Å². The topological polar surface area (TPSA) is 89.8 Å². The summed E-state index contributed by atoms with van der Waals surface area (Å²) < 4.78 is 0. The zero-order chi connectivity index (χ0) is 7.40. The van der Waals surface area contributed by atoms with Crippen molar-refractivity contribution in [3.05, 3.63) is 0 Å². The van der Waals surface area contributed by atoms with Crippen molar-refractivity contribution >= 4 is 21.6 Å². The third kappa shape index (κ3) is 1.82. The molecule has 0 bridgehead atoms. The van der Waals surface area contributed by atoms with Crippen LogP contribution in [0.2, 0.25) is 0 Å². The highest BCUT2D eigenvalue weighted by atomic mass is 32.1. The van der Waals surface area contributed by atoms with Gasteiger partial charge in [0.15, 0.2) is 0 Å². The van der Waals surface area contributed by atoms with Crippen LogP contribution in [0.3, 0.4) is 0 Å². The van der Waals surface area contributed by atoms with E-state index < -0.39 is 0 Å². The van der Waals surface area contributed by atoms with Crippen molar-refractivity contribution in [1.29, 1.82) is 0 Å². The summed E-state index contributed by atoms with van der Waals surface area (Å²) in [6.07, 6.45) is 0. The predicted molar refractivity (Wildman–Crippen MR) is 41.9 cm³/mol. The summed E-state index contributed by atoms with van der Waals surface area (Å²) in [5.74, 6) is 0. The first-order valence-corrected chi connectivity index (χ1v) is 3.67. The quantitative estimate of drug-likeness (QED) is 0.552. The number of rotatable bonds is 3. The predicted octanol–water partition coefficient (Wildman–Crippen LogP) is -0.509. The molecule has 0 aliphatic carbocycles. The summed E-state index contributed by atoms with van der Waals surface area (Å²) in [5, 5.41) is 11.5. The van der Waals surface area contributed by atoms with Crippen molar-refractivity contribution in [3.63, 3.8) is 0 Å². The third-order valence-electron chi connectivity index (χ3n) is 0.861. The number of nitrogens with zero attached hydrogens (tertiary/aromatic N) is 2. The van der Waals surface area contributed by atoms with Gasteiger partial charge in [-0.3, -0.25) is 0 Å². The molecule has 0 atom stereocenters. The molecule has 5 nitrogen and oxygen atoms in total. The normalized spacial score (nSPS) is 9.70. The second-order valence-electron chi connectivity index (χ2n) is 1.66. The van der Waals surface area contributed by atoms with Crippen LogP contribution in [0, 0.1) is 0 Å². The molecule has 5 N–H and O–H groups in total. The zero-order valence-corrected chi connectivity index (χ0v) is 6.19. The van der Waals surface area contributed by atoms with E-state index in [4.69, 9.17) is 11.5 Å². The number of nitrogen functional groups attached to an aromatic ring is 1. The van der Waals surface area contributed by atoms with E-state index in [-0.39, 0.29) is 0 Å². The average Bonchev–Trinajstić information content (AvgIpc) is 2.31. The number of hydrogen-bond donors (Lipinski definition) is 3. The summed E-state index contributed by atoms with van der Waals surface area (Å²) in [7, 11) is 0. The van der Waals surface area contributed by atoms with E-state index in [1.165, 1.54) is 11.3 Å². The van der Waals surface area contributed by atoms with Gasteiger partial charge in [0.1, 0.15) is 0 Å². The molecule has 6 heteroatoms. The first-order chi connectivity index (χ1) is 4.83. The maximum absolute atomic E-state index is 5.32. The number of nitrogens with two attached hydrogens (primary N) is 2. The summed E-state index contributed by atoms with van der Waals surface area (Å²) in [5.41, 5.74) is 10.6. The lowest BCUT2D eigenvalue weighted by molar-refractivity contribution is 1.00. The van der Waals surface area contributed by atoms with Gasteiger partial charge in [0.25, 0.3) is 0 Å². The van der Waals surface area contributed by atoms with Gasteiger partial charge in [0.05, 0.1) is 0 Å². The first-order valence-electron chi connectivity index (χ1n) is 2.86. The summed E-state index contributed by atoms with van der Waals surface area (Å²) in [6, 6.07) is 0. The summed E-state index contributed by atoms with van der Waals surface area (Å²) in [4.78, 5) is 0. The minimum atomic E-state index is 0.472. The van der Waals surface area contributed by atoms with Gasteiger partial charge in [0, 0.05) is 13.1 Å². The van der Waals surface area contributed by atoms with Gasteiger partial charge in [-0.2, -0.15) is 0 Å². The fourth-order valence-electron chi connectivity index (χ4n) is 0.485. The molecule has 0 unspecified atom stereocenters. The lowest BCUT2D eigenvalue weighted by atomic mass is 10.7. The van der Waals surface area contributed by atoms with Crippen LogP contribution in [0.15, 0.2) is 0 Å². The molecule has 1 aromatic rings. The average molecular weight is 159 g/mol. The van der Waals surface area contributed by atoms with Crippen molar-refractivity contribution < 1.29 is 0 Å². The Kier molecular flexibility index (Phi) is 2.41. The maximum Gasteiger partial charge on any atom is 0.207 e. The Balaban J connectivity index is 2.42. The smallest absolute Gasteiger partial charge is 0.207 e. The van der Waals surface area contributed by atoms with Crippen molar-refractivity contribution in [3.8, 4) is 0 Å². The van der Waals surface area contributed by atoms with Crippen LogP contribution < -0.4 is 16.8 Å². The number of nitrogens with one attached hydrogen (secondary N) is 1. The zero-order valence-electron chi connectivity index (χ0n) is 5.37. The second kappa shape index (κ2) is 3.33. The van der Waals surface area contributed by atoms with Crippen molar-refractivity contribution in [1.82, 2.24) is 10.2 Å². The van der Waals surface area contributed by atoms with E-state index in [0.717, 1.165) is 5.13 Å². The van der Waals surface area contributed by atoms with Gasteiger partial charge in [-0.25, -0.2) is 0 Å². The molecule has 0 aromatic carbocycles. The number of hydrogen-bond acceptors (Lipinski definition) is 6. The monoisotopic (exact) mass is 159 g/mol. The Morgan fingerprint density at radius 1 is 1.50 bits per heavy atom. The number of anilines is 2. The fraction of sp³-hybridized carbons (Fsp3) is 0.500. The van der Waals surface area contributed by atoms with Gasteiger partial charge in [-0.15, -0.1) is 10.2 Å². The Labute approximate surface area is 62.4 Å². The van der Waals surface area contributed by atoms with Gasteiger partial charge in [-0.1, -0.05) is 11.3 Å². The molecule has 0 aliphatic rings. The number of aromatic nitrogens is 2. The Bertz CT molecular complexity index is 197. The van der Waals surface area contributed by atoms with Crippen LogP contribution in [0.25, 0.3) is 0 Å². The highest BCUT2D eigenvalue weighted by Crippen LogP contribution is 2.15. The fourth-order valence-corrected chi connectivity index (χ4v) is 1.02. The highest BCUT2D eigenvalue weighted by Gasteiger charge is 1.96. The minimum absolute atomic E-state index is 0.472. The van der Waals surface area contributed by atoms with E-state index in [9.17, 15) is 0 Å². The molecule has 0 fully saturated rings. The Morgan fingerprint density at radius 2 is 2.30 bits per heavy atom. The lowest BCUT2D eigenvalue weighted by Gasteiger charge is -1.94. The van der Waals surface area contributed by atoms with E-state index in [1.54, 1.807) is 0 Å². The summed E-state index contributed by atoms with van der Waals surface area (Å²) >= 11 is 1.32. The van der Waals surface area contributed by atoms with Crippen molar-refractivity contribution in [2.45, 2.75) is 0 Å². The molecule has 0 aliphatic heterocycles. The molecule has 0 amide bonds. The van der Waals surface area contributed by atoms with Gasteiger partial charge in [-0.05, 0) is 0 Å². The Morgan fingerprint density at radius 3 is 2.80 bits per heavy atom. The molecule has 0 spiro atoms. The van der Waals surface area contributed by atoms with E-state index >= 15 is 0 Å².